The Morgan fingerprint density at radius 3 is 2.42 bits per heavy atom. The number of carbonyl (C=O) groups excluding carboxylic acids is 2. The molecule has 0 radical (unpaired) electrons. The van der Waals surface area contributed by atoms with E-state index in [0.717, 1.165) is 11.1 Å². The van der Waals surface area contributed by atoms with E-state index in [-0.39, 0.29) is 11.8 Å². The van der Waals surface area contributed by atoms with Crippen LogP contribution in [0, 0.1) is 6.92 Å². The molecule has 2 amide bonds. The highest BCUT2D eigenvalue weighted by molar-refractivity contribution is 6.09. The standard InChI is InChI=1S/C31H28N6O3/c1-21-12-13-25(37(36-14-16-40-17-15-36)31(39)23-10-6-3-7-11-23)19-26(21)30(38)33-24-18-27-29(32-20-24)35-28(34-27)22-8-4-2-5-9-22/h2-13,18-20H,14-17H2,1H3,(H,33,38)(H,32,34,35). The number of hydrazine groups is 1. The zero-order valence-electron chi connectivity index (χ0n) is 22.0. The summed E-state index contributed by atoms with van der Waals surface area (Å²) in [7, 11) is 0. The van der Waals surface area contributed by atoms with Crippen LogP contribution in [0.25, 0.3) is 22.6 Å². The van der Waals surface area contributed by atoms with Crippen LogP contribution in [0.2, 0.25) is 0 Å². The molecule has 1 saturated heterocycles. The van der Waals surface area contributed by atoms with E-state index in [9.17, 15) is 9.59 Å². The van der Waals surface area contributed by atoms with Gasteiger partial charge in [-0.2, -0.15) is 0 Å². The molecule has 40 heavy (non-hydrogen) atoms. The lowest BCUT2D eigenvalue weighted by Crippen LogP contribution is -2.52. The van der Waals surface area contributed by atoms with Crippen LogP contribution in [0.1, 0.15) is 26.3 Å². The van der Waals surface area contributed by atoms with Crippen LogP contribution in [0.5, 0.6) is 0 Å². The summed E-state index contributed by atoms with van der Waals surface area (Å²) in [4.78, 5) is 39.4. The number of ether oxygens (including phenoxy) is 1. The normalized spacial score (nSPS) is 13.7. The average Bonchev–Trinajstić information content (AvgIpc) is 3.43. The molecule has 9 heteroatoms. The largest absolute Gasteiger partial charge is 0.379 e. The molecule has 200 valence electrons. The number of H-pyrrole nitrogens is 1. The van der Waals surface area contributed by atoms with Gasteiger partial charge in [-0.15, -0.1) is 0 Å². The van der Waals surface area contributed by atoms with E-state index >= 15 is 0 Å². The van der Waals surface area contributed by atoms with Crippen molar-refractivity contribution < 1.29 is 14.3 Å². The molecule has 0 spiro atoms. The zero-order valence-corrected chi connectivity index (χ0v) is 22.0. The van der Waals surface area contributed by atoms with Gasteiger partial charge in [-0.05, 0) is 42.8 Å². The highest BCUT2D eigenvalue weighted by Gasteiger charge is 2.27. The number of morpholine rings is 1. The van der Waals surface area contributed by atoms with Crippen molar-refractivity contribution in [3.8, 4) is 11.4 Å². The third-order valence-electron chi connectivity index (χ3n) is 6.84. The van der Waals surface area contributed by atoms with Gasteiger partial charge in [0.2, 0.25) is 0 Å². The first-order valence-corrected chi connectivity index (χ1v) is 13.1. The van der Waals surface area contributed by atoms with E-state index in [4.69, 9.17) is 4.74 Å². The Balaban J connectivity index is 1.29. The number of nitrogens with zero attached hydrogens (tertiary/aromatic N) is 4. The summed E-state index contributed by atoms with van der Waals surface area (Å²) >= 11 is 0. The van der Waals surface area contributed by atoms with Crippen LogP contribution in [-0.4, -0.2) is 58.1 Å². The first-order chi connectivity index (χ1) is 19.6. The Morgan fingerprint density at radius 1 is 0.950 bits per heavy atom. The molecular weight excluding hydrogens is 504 g/mol. The molecule has 9 nitrogen and oxygen atoms in total. The van der Waals surface area contributed by atoms with E-state index in [0.29, 0.717) is 65.8 Å². The second-order valence-electron chi connectivity index (χ2n) is 9.55. The van der Waals surface area contributed by atoms with E-state index in [1.165, 1.54) is 0 Å². The minimum Gasteiger partial charge on any atom is -0.379 e. The number of fused-ring (bicyclic) bond motifs is 1. The molecule has 0 saturated carbocycles. The number of anilines is 2. The molecule has 0 aliphatic carbocycles. The molecule has 2 N–H and O–H groups in total. The fourth-order valence-electron chi connectivity index (χ4n) is 4.75. The number of aromatic amines is 1. The van der Waals surface area contributed by atoms with Crippen molar-refractivity contribution in [1.82, 2.24) is 20.0 Å². The van der Waals surface area contributed by atoms with Gasteiger partial charge in [-0.25, -0.2) is 20.0 Å². The van der Waals surface area contributed by atoms with Crippen molar-refractivity contribution in [3.63, 3.8) is 0 Å². The lowest BCUT2D eigenvalue weighted by molar-refractivity contribution is 0.0300. The van der Waals surface area contributed by atoms with Crippen LogP contribution in [0.15, 0.2) is 91.1 Å². The van der Waals surface area contributed by atoms with Gasteiger partial charge in [0.25, 0.3) is 11.8 Å². The predicted octanol–water partition coefficient (Wildman–Crippen LogP) is 5.08. The SMILES string of the molecule is Cc1ccc(N(C(=O)c2ccccc2)N2CCOCC2)cc1C(=O)Nc1cnc2nc(-c3ccccc3)[nH]c2c1. The maximum absolute atomic E-state index is 13.7. The van der Waals surface area contributed by atoms with Crippen LogP contribution >= 0.6 is 0 Å². The summed E-state index contributed by atoms with van der Waals surface area (Å²) in [5.74, 6) is 0.250. The lowest BCUT2D eigenvalue weighted by atomic mass is 10.1. The molecular formula is C31H28N6O3. The average molecular weight is 533 g/mol. The summed E-state index contributed by atoms with van der Waals surface area (Å²) in [5.41, 5.74) is 5.20. The molecule has 1 aliphatic rings. The van der Waals surface area contributed by atoms with Crippen molar-refractivity contribution in [3.05, 3.63) is 108 Å². The van der Waals surface area contributed by atoms with Gasteiger partial charge in [0.05, 0.1) is 36.3 Å². The Bertz CT molecular complexity index is 1660. The Morgan fingerprint density at radius 2 is 1.68 bits per heavy atom. The number of pyridine rings is 1. The molecule has 3 heterocycles. The summed E-state index contributed by atoms with van der Waals surface area (Å²) in [6, 6.07) is 26.2. The number of rotatable bonds is 6. The molecule has 0 atom stereocenters. The minimum absolute atomic E-state index is 0.166. The van der Waals surface area contributed by atoms with E-state index in [1.807, 2.05) is 78.7 Å². The highest BCUT2D eigenvalue weighted by atomic mass is 16.5. The number of aromatic nitrogens is 3. The molecule has 5 aromatic rings. The van der Waals surface area contributed by atoms with Crippen LogP contribution in [-0.2, 0) is 4.74 Å². The Kier molecular flexibility index (Phi) is 7.05. The van der Waals surface area contributed by atoms with Crippen LogP contribution in [0.4, 0.5) is 11.4 Å². The quantitative estimate of drug-likeness (QED) is 0.316. The summed E-state index contributed by atoms with van der Waals surface area (Å²) in [6.45, 7) is 4.04. The molecule has 2 aromatic heterocycles. The number of carbonyl (C=O) groups is 2. The first kappa shape index (κ1) is 25.4. The topological polar surface area (TPSA) is 103 Å². The smallest absolute Gasteiger partial charge is 0.272 e. The van der Waals surface area contributed by atoms with Crippen molar-refractivity contribution in [1.29, 1.82) is 0 Å². The third-order valence-corrected chi connectivity index (χ3v) is 6.84. The van der Waals surface area contributed by atoms with Gasteiger partial charge < -0.3 is 15.0 Å². The van der Waals surface area contributed by atoms with Gasteiger partial charge in [0.15, 0.2) is 5.65 Å². The Hall–Kier alpha value is -4.86. The second-order valence-corrected chi connectivity index (χ2v) is 9.55. The van der Waals surface area contributed by atoms with Crippen molar-refractivity contribution in [2.45, 2.75) is 6.92 Å². The lowest BCUT2D eigenvalue weighted by Gasteiger charge is -2.37. The van der Waals surface area contributed by atoms with Gasteiger partial charge in [0.1, 0.15) is 5.82 Å². The van der Waals surface area contributed by atoms with Crippen molar-refractivity contribution >= 4 is 34.4 Å². The maximum Gasteiger partial charge on any atom is 0.272 e. The fourth-order valence-corrected chi connectivity index (χ4v) is 4.75. The van der Waals surface area contributed by atoms with Crippen molar-refractivity contribution in [2.75, 3.05) is 36.6 Å². The number of imidazole rings is 1. The molecule has 1 aliphatic heterocycles. The molecule has 0 unspecified atom stereocenters. The number of hydrogen-bond acceptors (Lipinski definition) is 6. The fraction of sp³-hybridized carbons (Fsp3) is 0.161. The van der Waals surface area contributed by atoms with Gasteiger partial charge in [0, 0.05) is 29.8 Å². The second kappa shape index (κ2) is 11.1. The monoisotopic (exact) mass is 532 g/mol. The number of hydrogen-bond donors (Lipinski definition) is 2. The number of nitrogens with one attached hydrogen (secondary N) is 2. The van der Waals surface area contributed by atoms with E-state index in [1.54, 1.807) is 29.4 Å². The number of amides is 2. The molecule has 1 fully saturated rings. The summed E-state index contributed by atoms with van der Waals surface area (Å²) in [6.07, 6.45) is 1.59. The van der Waals surface area contributed by atoms with E-state index in [2.05, 4.69) is 20.3 Å². The van der Waals surface area contributed by atoms with Crippen molar-refractivity contribution in [2.24, 2.45) is 0 Å². The predicted molar refractivity (Wildman–Crippen MR) is 154 cm³/mol. The minimum atomic E-state index is -0.294. The molecule has 3 aromatic carbocycles. The highest BCUT2D eigenvalue weighted by Crippen LogP contribution is 2.26. The Labute approximate surface area is 231 Å². The van der Waals surface area contributed by atoms with E-state index < -0.39 is 0 Å². The van der Waals surface area contributed by atoms with Crippen LogP contribution < -0.4 is 10.3 Å². The van der Waals surface area contributed by atoms with Gasteiger partial charge in [-0.3, -0.25) is 9.59 Å². The third kappa shape index (κ3) is 5.20. The van der Waals surface area contributed by atoms with Crippen LogP contribution in [0.3, 0.4) is 0 Å². The maximum atomic E-state index is 13.7. The summed E-state index contributed by atoms with van der Waals surface area (Å²) in [5, 5.41) is 6.57. The van der Waals surface area contributed by atoms with Gasteiger partial charge >= 0.3 is 0 Å². The first-order valence-electron chi connectivity index (χ1n) is 13.1. The van der Waals surface area contributed by atoms with Gasteiger partial charge in [-0.1, -0.05) is 54.6 Å². The number of aryl methyl sites for hydroxylation is 1. The number of benzene rings is 3. The molecule has 0 bridgehead atoms. The summed E-state index contributed by atoms with van der Waals surface area (Å²) < 4.78 is 5.52. The molecule has 6 rings (SSSR count). The zero-order chi connectivity index (χ0) is 27.5.